The lowest BCUT2D eigenvalue weighted by atomic mass is 10.1. The zero-order valence-electron chi connectivity index (χ0n) is 19.0. The standard InChI is InChI=1S/C23H25ClN4O4S/c1-13-6-9-18(32-5)17(10-13)28-20(30)15-8-7-14(24)11-16(15)25-22(28)33-12-19(29)26-21(31)27-23(2,3)4/h6-11H,12H2,1-5H3,(H2,26,27,29,31). The summed E-state index contributed by atoms with van der Waals surface area (Å²) in [7, 11) is 1.52. The number of carbonyl (C=O) groups is 2. The number of fused-ring (bicyclic) bond motifs is 1. The molecule has 174 valence electrons. The van der Waals surface area contributed by atoms with Crippen molar-refractivity contribution in [3.8, 4) is 11.4 Å². The van der Waals surface area contributed by atoms with Crippen LogP contribution in [0.3, 0.4) is 0 Å². The summed E-state index contributed by atoms with van der Waals surface area (Å²) in [5.41, 5.74) is 1.01. The minimum Gasteiger partial charge on any atom is -0.495 e. The molecule has 1 aromatic heterocycles. The van der Waals surface area contributed by atoms with Gasteiger partial charge in [0.2, 0.25) is 5.91 Å². The molecule has 3 amide bonds. The van der Waals surface area contributed by atoms with Crippen LogP contribution in [-0.2, 0) is 4.79 Å². The van der Waals surface area contributed by atoms with Crippen molar-refractivity contribution in [2.75, 3.05) is 12.9 Å². The molecule has 0 bridgehead atoms. The summed E-state index contributed by atoms with van der Waals surface area (Å²) in [6.07, 6.45) is 0. The second-order valence-corrected chi connectivity index (χ2v) is 9.79. The van der Waals surface area contributed by atoms with Gasteiger partial charge in [0, 0.05) is 10.6 Å². The third-order valence-electron chi connectivity index (χ3n) is 4.45. The van der Waals surface area contributed by atoms with Crippen LogP contribution in [0.25, 0.3) is 16.6 Å². The van der Waals surface area contributed by atoms with Crippen molar-refractivity contribution < 1.29 is 14.3 Å². The van der Waals surface area contributed by atoms with E-state index >= 15 is 0 Å². The van der Waals surface area contributed by atoms with Crippen LogP contribution in [0.2, 0.25) is 5.02 Å². The molecule has 0 spiro atoms. The van der Waals surface area contributed by atoms with Crippen LogP contribution in [0.1, 0.15) is 26.3 Å². The first-order valence-electron chi connectivity index (χ1n) is 10.1. The largest absolute Gasteiger partial charge is 0.495 e. The average molecular weight is 489 g/mol. The van der Waals surface area contributed by atoms with Crippen LogP contribution in [-0.4, -0.2) is 39.9 Å². The Balaban J connectivity index is 2.02. The Morgan fingerprint density at radius 1 is 1.18 bits per heavy atom. The number of benzene rings is 2. The second-order valence-electron chi connectivity index (χ2n) is 8.41. The van der Waals surface area contributed by atoms with Gasteiger partial charge in [-0.05, 0) is 63.6 Å². The van der Waals surface area contributed by atoms with Crippen molar-refractivity contribution in [3.05, 3.63) is 57.3 Å². The third kappa shape index (κ3) is 6.06. The van der Waals surface area contributed by atoms with E-state index in [-0.39, 0.29) is 16.5 Å². The van der Waals surface area contributed by atoms with Gasteiger partial charge in [0.25, 0.3) is 5.56 Å². The van der Waals surface area contributed by atoms with E-state index in [2.05, 4.69) is 15.6 Å². The number of ether oxygens (including phenoxy) is 1. The number of rotatable bonds is 5. The maximum atomic E-state index is 13.5. The van der Waals surface area contributed by atoms with Crippen molar-refractivity contribution in [1.82, 2.24) is 20.2 Å². The summed E-state index contributed by atoms with van der Waals surface area (Å²) in [5, 5.41) is 6.03. The summed E-state index contributed by atoms with van der Waals surface area (Å²) >= 11 is 7.13. The fraction of sp³-hybridized carbons (Fsp3) is 0.304. The summed E-state index contributed by atoms with van der Waals surface area (Å²) in [5.74, 6) is -0.178. The number of methoxy groups -OCH3 is 1. The van der Waals surface area contributed by atoms with E-state index in [0.717, 1.165) is 17.3 Å². The van der Waals surface area contributed by atoms with E-state index in [1.807, 2.05) is 39.8 Å². The van der Waals surface area contributed by atoms with E-state index in [4.69, 9.17) is 16.3 Å². The molecule has 2 N–H and O–H groups in total. The molecule has 0 atom stereocenters. The minimum absolute atomic E-state index is 0.135. The van der Waals surface area contributed by atoms with Crippen LogP contribution in [0.4, 0.5) is 4.79 Å². The molecular formula is C23H25ClN4O4S. The van der Waals surface area contributed by atoms with Gasteiger partial charge in [-0.25, -0.2) is 9.78 Å². The SMILES string of the molecule is COc1ccc(C)cc1-n1c(SCC(=O)NC(=O)NC(C)(C)C)nc2cc(Cl)ccc2c1=O. The van der Waals surface area contributed by atoms with Crippen molar-refractivity contribution >= 4 is 46.2 Å². The number of nitrogens with one attached hydrogen (secondary N) is 2. The number of amides is 3. The molecular weight excluding hydrogens is 464 g/mol. The van der Waals surface area contributed by atoms with Crippen LogP contribution in [0, 0.1) is 6.92 Å². The Labute approximate surface area is 200 Å². The topological polar surface area (TPSA) is 102 Å². The van der Waals surface area contributed by atoms with Gasteiger partial charge >= 0.3 is 6.03 Å². The molecule has 8 nitrogen and oxygen atoms in total. The molecule has 10 heteroatoms. The Kier molecular flexibility index (Phi) is 7.34. The van der Waals surface area contributed by atoms with E-state index in [0.29, 0.717) is 27.4 Å². The summed E-state index contributed by atoms with van der Waals surface area (Å²) in [6, 6.07) is 9.69. The van der Waals surface area contributed by atoms with Crippen LogP contribution in [0.15, 0.2) is 46.3 Å². The first kappa shape index (κ1) is 24.6. The number of aromatic nitrogens is 2. The molecule has 33 heavy (non-hydrogen) atoms. The Hall–Kier alpha value is -3.04. The monoisotopic (exact) mass is 488 g/mol. The van der Waals surface area contributed by atoms with Gasteiger partial charge in [-0.1, -0.05) is 29.4 Å². The lowest BCUT2D eigenvalue weighted by molar-refractivity contribution is -0.117. The number of carbonyl (C=O) groups excluding carboxylic acids is 2. The number of hydrogen-bond acceptors (Lipinski definition) is 6. The molecule has 0 saturated carbocycles. The molecule has 0 unspecified atom stereocenters. The molecule has 3 aromatic rings. The number of halogens is 1. The van der Waals surface area contributed by atoms with Crippen molar-refractivity contribution in [2.45, 2.75) is 38.4 Å². The van der Waals surface area contributed by atoms with E-state index in [1.54, 1.807) is 24.3 Å². The van der Waals surface area contributed by atoms with E-state index in [1.165, 1.54) is 11.7 Å². The first-order valence-corrected chi connectivity index (χ1v) is 11.5. The Morgan fingerprint density at radius 3 is 2.58 bits per heavy atom. The number of hydrogen-bond donors (Lipinski definition) is 2. The van der Waals surface area contributed by atoms with E-state index in [9.17, 15) is 14.4 Å². The van der Waals surface area contributed by atoms with Gasteiger partial charge in [-0.3, -0.25) is 19.5 Å². The van der Waals surface area contributed by atoms with Gasteiger partial charge < -0.3 is 10.1 Å². The molecule has 0 saturated heterocycles. The van der Waals surface area contributed by atoms with Crippen LogP contribution < -0.4 is 20.9 Å². The van der Waals surface area contributed by atoms with Crippen molar-refractivity contribution in [2.24, 2.45) is 0 Å². The highest BCUT2D eigenvalue weighted by molar-refractivity contribution is 7.99. The lowest BCUT2D eigenvalue weighted by Crippen LogP contribution is -2.48. The summed E-state index contributed by atoms with van der Waals surface area (Å²) in [6.45, 7) is 7.33. The molecule has 0 aliphatic rings. The summed E-state index contributed by atoms with van der Waals surface area (Å²) in [4.78, 5) is 42.4. The fourth-order valence-electron chi connectivity index (χ4n) is 3.09. The van der Waals surface area contributed by atoms with Crippen LogP contribution >= 0.6 is 23.4 Å². The zero-order chi connectivity index (χ0) is 24.3. The highest BCUT2D eigenvalue weighted by Gasteiger charge is 2.20. The minimum atomic E-state index is -0.593. The van der Waals surface area contributed by atoms with Gasteiger partial charge in [0.15, 0.2) is 5.16 Å². The number of imide groups is 1. The number of nitrogens with zero attached hydrogens (tertiary/aromatic N) is 2. The lowest BCUT2D eigenvalue weighted by Gasteiger charge is -2.20. The highest BCUT2D eigenvalue weighted by atomic mass is 35.5. The number of aryl methyl sites for hydroxylation is 1. The third-order valence-corrected chi connectivity index (χ3v) is 5.62. The molecule has 0 fully saturated rings. The van der Waals surface area contributed by atoms with Crippen molar-refractivity contribution in [1.29, 1.82) is 0 Å². The van der Waals surface area contributed by atoms with Gasteiger partial charge in [-0.2, -0.15) is 0 Å². The molecule has 0 aliphatic heterocycles. The first-order chi connectivity index (χ1) is 15.5. The smallest absolute Gasteiger partial charge is 0.321 e. The molecule has 2 aromatic carbocycles. The van der Waals surface area contributed by atoms with Crippen molar-refractivity contribution in [3.63, 3.8) is 0 Å². The second kappa shape index (κ2) is 9.84. The Morgan fingerprint density at radius 2 is 1.91 bits per heavy atom. The summed E-state index contributed by atoms with van der Waals surface area (Å²) < 4.78 is 6.88. The van der Waals surface area contributed by atoms with Gasteiger partial charge in [0.1, 0.15) is 5.75 Å². The van der Waals surface area contributed by atoms with Gasteiger partial charge in [0.05, 0.1) is 29.5 Å². The normalized spacial score (nSPS) is 11.3. The number of thioether (sulfide) groups is 1. The average Bonchev–Trinajstić information content (AvgIpc) is 2.70. The number of urea groups is 1. The fourth-order valence-corrected chi connectivity index (χ4v) is 4.06. The molecule has 3 rings (SSSR count). The quantitative estimate of drug-likeness (QED) is 0.414. The zero-order valence-corrected chi connectivity index (χ0v) is 20.6. The van der Waals surface area contributed by atoms with E-state index < -0.39 is 17.5 Å². The maximum absolute atomic E-state index is 13.5. The highest BCUT2D eigenvalue weighted by Crippen LogP contribution is 2.28. The predicted octanol–water partition coefficient (Wildman–Crippen LogP) is 4.07. The molecule has 0 aliphatic carbocycles. The Bertz CT molecular complexity index is 1280. The van der Waals surface area contributed by atoms with Gasteiger partial charge in [-0.15, -0.1) is 0 Å². The maximum Gasteiger partial charge on any atom is 0.321 e. The molecule has 1 heterocycles. The predicted molar refractivity (Wildman–Crippen MR) is 131 cm³/mol. The molecule has 0 radical (unpaired) electrons. The van der Waals surface area contributed by atoms with Crippen LogP contribution in [0.5, 0.6) is 5.75 Å².